The highest BCUT2D eigenvalue weighted by Crippen LogP contribution is 2.31. The minimum Gasteiger partial charge on any atom is -0.493 e. The number of urea groups is 1. The van der Waals surface area contributed by atoms with Crippen molar-refractivity contribution < 1.29 is 28.2 Å². The minimum atomic E-state index is -0.875. The summed E-state index contributed by atoms with van der Waals surface area (Å²) in [6, 6.07) is 8.11. The lowest BCUT2D eigenvalue weighted by atomic mass is 10.1. The van der Waals surface area contributed by atoms with Gasteiger partial charge in [-0.2, -0.15) is 0 Å². The Morgan fingerprint density at radius 3 is 2.43 bits per heavy atom. The Morgan fingerprint density at radius 1 is 1.07 bits per heavy atom. The smallest absolute Gasteiger partial charge is 0.328 e. The summed E-state index contributed by atoms with van der Waals surface area (Å²) < 4.78 is 24.7. The van der Waals surface area contributed by atoms with Crippen LogP contribution in [-0.2, 0) is 16.2 Å². The highest BCUT2D eigenvalue weighted by atomic mass is 35.5. The Morgan fingerprint density at radius 2 is 1.79 bits per heavy atom. The molecule has 7 nitrogen and oxygen atoms in total. The largest absolute Gasteiger partial charge is 0.493 e. The molecular formula is C19H14ClFN2O5. The van der Waals surface area contributed by atoms with Gasteiger partial charge in [-0.05, 0) is 35.9 Å². The van der Waals surface area contributed by atoms with E-state index in [1.165, 1.54) is 31.4 Å². The molecule has 0 bridgehead atoms. The number of imide groups is 2. The van der Waals surface area contributed by atoms with Crippen molar-refractivity contribution >= 4 is 35.5 Å². The van der Waals surface area contributed by atoms with E-state index >= 15 is 0 Å². The Labute approximate surface area is 164 Å². The summed E-state index contributed by atoms with van der Waals surface area (Å²) in [5, 5.41) is 4.21. The second-order valence-electron chi connectivity index (χ2n) is 5.69. The lowest BCUT2D eigenvalue weighted by Gasteiger charge is -2.15. The molecule has 0 aliphatic carbocycles. The van der Waals surface area contributed by atoms with E-state index in [0.29, 0.717) is 17.1 Å². The molecule has 1 saturated heterocycles. The van der Waals surface area contributed by atoms with E-state index in [0.717, 1.165) is 0 Å². The van der Waals surface area contributed by atoms with Crippen molar-refractivity contribution in [3.05, 3.63) is 63.9 Å². The third-order valence-corrected chi connectivity index (χ3v) is 4.23. The first kappa shape index (κ1) is 19.4. The van der Waals surface area contributed by atoms with Crippen LogP contribution in [0.2, 0.25) is 5.02 Å². The number of hydrogen-bond donors (Lipinski definition) is 2. The fourth-order valence-electron chi connectivity index (χ4n) is 2.49. The number of nitrogens with one attached hydrogen (secondary N) is 2. The highest BCUT2D eigenvalue weighted by molar-refractivity contribution is 6.31. The summed E-state index contributed by atoms with van der Waals surface area (Å²) >= 11 is 5.98. The van der Waals surface area contributed by atoms with E-state index in [4.69, 9.17) is 21.1 Å². The van der Waals surface area contributed by atoms with Crippen molar-refractivity contribution in [2.24, 2.45) is 0 Å². The molecule has 1 aliphatic rings. The van der Waals surface area contributed by atoms with Gasteiger partial charge in [-0.15, -0.1) is 0 Å². The molecular weight excluding hydrogens is 391 g/mol. The second kappa shape index (κ2) is 8.10. The van der Waals surface area contributed by atoms with Crippen LogP contribution in [0, 0.1) is 5.82 Å². The van der Waals surface area contributed by atoms with Gasteiger partial charge in [0.05, 0.1) is 12.1 Å². The number of amides is 4. The summed E-state index contributed by atoms with van der Waals surface area (Å²) in [5.74, 6) is -1.48. The molecule has 0 saturated carbocycles. The Kier molecular flexibility index (Phi) is 5.60. The van der Waals surface area contributed by atoms with Crippen LogP contribution in [0.3, 0.4) is 0 Å². The van der Waals surface area contributed by atoms with Gasteiger partial charge in [0.15, 0.2) is 11.5 Å². The van der Waals surface area contributed by atoms with Crippen molar-refractivity contribution in [1.82, 2.24) is 10.6 Å². The standard InChI is InChI=1S/C19H14ClFN2O5/c1-27-16-8-10(7-11-17(24)22-19(26)23-18(11)25)5-6-15(16)28-9-12-13(20)3-2-4-14(12)21/h2-8H,9H2,1H3,(H2,22,23,24,25,26). The summed E-state index contributed by atoms with van der Waals surface area (Å²) in [7, 11) is 1.41. The maximum absolute atomic E-state index is 13.9. The lowest BCUT2D eigenvalue weighted by molar-refractivity contribution is -0.123. The number of carbonyl (C=O) groups is 3. The molecule has 1 fully saturated rings. The minimum absolute atomic E-state index is 0.116. The molecule has 9 heteroatoms. The van der Waals surface area contributed by atoms with E-state index in [9.17, 15) is 18.8 Å². The molecule has 2 aromatic carbocycles. The molecule has 2 N–H and O–H groups in total. The van der Waals surface area contributed by atoms with E-state index in [1.807, 2.05) is 10.6 Å². The fourth-order valence-corrected chi connectivity index (χ4v) is 2.70. The first-order valence-electron chi connectivity index (χ1n) is 8.01. The number of carbonyl (C=O) groups excluding carboxylic acids is 3. The maximum Gasteiger partial charge on any atom is 0.328 e. The summed E-state index contributed by atoms with van der Waals surface area (Å²) in [4.78, 5) is 34.7. The molecule has 144 valence electrons. The number of ether oxygens (including phenoxy) is 2. The van der Waals surface area contributed by atoms with Gasteiger partial charge in [0, 0.05) is 5.56 Å². The van der Waals surface area contributed by atoms with Crippen LogP contribution in [0.4, 0.5) is 9.18 Å². The molecule has 1 heterocycles. The van der Waals surface area contributed by atoms with Crippen molar-refractivity contribution in [2.75, 3.05) is 7.11 Å². The molecule has 28 heavy (non-hydrogen) atoms. The predicted octanol–water partition coefficient (Wildman–Crippen LogP) is 2.82. The van der Waals surface area contributed by atoms with Crippen molar-refractivity contribution in [1.29, 1.82) is 0 Å². The zero-order valence-electron chi connectivity index (χ0n) is 14.5. The quantitative estimate of drug-likeness (QED) is 0.590. The first-order valence-corrected chi connectivity index (χ1v) is 8.39. The van der Waals surface area contributed by atoms with Crippen LogP contribution in [0.5, 0.6) is 11.5 Å². The second-order valence-corrected chi connectivity index (χ2v) is 6.10. The van der Waals surface area contributed by atoms with Gasteiger partial charge < -0.3 is 9.47 Å². The van der Waals surface area contributed by atoms with Gasteiger partial charge in [0.25, 0.3) is 11.8 Å². The Hall–Kier alpha value is -3.39. The lowest BCUT2D eigenvalue weighted by Crippen LogP contribution is -2.51. The van der Waals surface area contributed by atoms with Crippen molar-refractivity contribution in [3.63, 3.8) is 0 Å². The zero-order chi connectivity index (χ0) is 20.3. The van der Waals surface area contributed by atoms with E-state index in [-0.39, 0.29) is 22.8 Å². The van der Waals surface area contributed by atoms with Crippen molar-refractivity contribution in [3.8, 4) is 11.5 Å². The molecule has 0 atom stereocenters. The molecule has 4 amide bonds. The molecule has 1 aliphatic heterocycles. The SMILES string of the molecule is COc1cc(C=C2C(=O)NC(=O)NC2=O)ccc1OCc1c(F)cccc1Cl. The third kappa shape index (κ3) is 4.12. The zero-order valence-corrected chi connectivity index (χ0v) is 15.3. The Balaban J connectivity index is 1.83. The molecule has 0 spiro atoms. The molecule has 0 unspecified atom stereocenters. The number of halogens is 2. The van der Waals surface area contributed by atoms with Crippen LogP contribution in [0.25, 0.3) is 6.08 Å². The fraction of sp³-hybridized carbons (Fsp3) is 0.105. The van der Waals surface area contributed by atoms with Crippen LogP contribution in [-0.4, -0.2) is 25.0 Å². The average Bonchev–Trinajstić information content (AvgIpc) is 2.64. The summed E-state index contributed by atoms with van der Waals surface area (Å²) in [6.45, 7) is -0.116. The highest BCUT2D eigenvalue weighted by Gasteiger charge is 2.27. The number of barbiturate groups is 1. The van der Waals surface area contributed by atoms with Crippen LogP contribution in [0.15, 0.2) is 42.0 Å². The summed E-state index contributed by atoms with van der Waals surface area (Å²) in [5.41, 5.74) is 0.439. The van der Waals surface area contributed by atoms with Gasteiger partial charge in [-0.25, -0.2) is 9.18 Å². The number of hydrogen-bond acceptors (Lipinski definition) is 5. The first-order chi connectivity index (χ1) is 13.4. The Bertz CT molecular complexity index is 964. The number of rotatable bonds is 5. The average molecular weight is 405 g/mol. The van der Waals surface area contributed by atoms with Crippen molar-refractivity contribution in [2.45, 2.75) is 6.61 Å². The van der Waals surface area contributed by atoms with Gasteiger partial charge in [0.2, 0.25) is 0 Å². The molecule has 3 rings (SSSR count). The summed E-state index contributed by atoms with van der Waals surface area (Å²) in [6.07, 6.45) is 1.30. The molecule has 0 radical (unpaired) electrons. The number of methoxy groups -OCH3 is 1. The van der Waals surface area contributed by atoms with Crippen LogP contribution in [0.1, 0.15) is 11.1 Å². The van der Waals surface area contributed by atoms with Crippen LogP contribution < -0.4 is 20.1 Å². The van der Waals surface area contributed by atoms with Gasteiger partial charge in [-0.1, -0.05) is 23.7 Å². The van der Waals surface area contributed by atoms with Gasteiger partial charge in [-0.3, -0.25) is 20.2 Å². The van der Waals surface area contributed by atoms with Gasteiger partial charge >= 0.3 is 6.03 Å². The molecule has 0 aromatic heterocycles. The molecule has 2 aromatic rings. The van der Waals surface area contributed by atoms with E-state index < -0.39 is 23.7 Å². The number of benzene rings is 2. The topological polar surface area (TPSA) is 93.7 Å². The van der Waals surface area contributed by atoms with Gasteiger partial charge in [0.1, 0.15) is 18.0 Å². The third-order valence-electron chi connectivity index (χ3n) is 3.88. The monoisotopic (exact) mass is 404 g/mol. The van der Waals surface area contributed by atoms with E-state index in [2.05, 4.69) is 0 Å². The van der Waals surface area contributed by atoms with E-state index in [1.54, 1.807) is 18.2 Å². The van der Waals surface area contributed by atoms with Crippen LogP contribution >= 0.6 is 11.6 Å². The predicted molar refractivity (Wildman–Crippen MR) is 98.4 cm³/mol. The maximum atomic E-state index is 13.9. The normalized spacial score (nSPS) is 13.7.